The molecule has 0 radical (unpaired) electrons. The summed E-state index contributed by atoms with van der Waals surface area (Å²) < 4.78 is 5.37. The van der Waals surface area contributed by atoms with Crippen molar-refractivity contribution in [3.63, 3.8) is 0 Å². The van der Waals surface area contributed by atoms with Crippen molar-refractivity contribution in [2.45, 2.75) is 122 Å². The molecule has 0 aliphatic rings. The lowest BCUT2D eigenvalue weighted by Crippen LogP contribution is -2.06. The first kappa shape index (κ1) is 43.1. The first-order valence-corrected chi connectivity index (χ1v) is 29.8. The second-order valence-corrected chi connectivity index (χ2v) is 29.1. The zero-order chi connectivity index (χ0) is 29.2. The SMILES string of the molecule is CCCCCCCCCCCCCCCCCCOC(=O)CCSSSSSSSSSSSSCCC(=O)O. The van der Waals surface area contributed by atoms with E-state index in [1.807, 2.05) is 0 Å². The van der Waals surface area contributed by atoms with Gasteiger partial charge in [0, 0.05) is 11.5 Å². The Morgan fingerprint density at radius 1 is 0.500 bits per heavy atom. The highest BCUT2D eigenvalue weighted by atomic mass is 34.0. The van der Waals surface area contributed by atoms with Gasteiger partial charge in [0.25, 0.3) is 0 Å². The number of carboxylic acid groups (broad SMARTS) is 1. The molecule has 40 heavy (non-hydrogen) atoms. The summed E-state index contributed by atoms with van der Waals surface area (Å²) in [5.41, 5.74) is 0. The van der Waals surface area contributed by atoms with Crippen LogP contribution in [0.2, 0.25) is 0 Å². The van der Waals surface area contributed by atoms with E-state index in [4.69, 9.17) is 9.84 Å². The maximum atomic E-state index is 11.9. The number of hydrogen-bond donors (Lipinski definition) is 1. The van der Waals surface area contributed by atoms with Crippen LogP contribution in [0.1, 0.15) is 122 Å². The average molecular weight is 783 g/mol. The Kier molecular flexibility index (Phi) is 41.3. The lowest BCUT2D eigenvalue weighted by molar-refractivity contribution is -0.143. The molecule has 0 unspecified atom stereocenters. The summed E-state index contributed by atoms with van der Waals surface area (Å²) in [6, 6.07) is 0. The van der Waals surface area contributed by atoms with E-state index in [0.29, 0.717) is 18.8 Å². The number of esters is 1. The lowest BCUT2D eigenvalue weighted by atomic mass is 10.0. The molecule has 0 heterocycles. The number of rotatable bonds is 34. The van der Waals surface area contributed by atoms with Gasteiger partial charge in [-0.1, -0.05) is 125 Å². The van der Waals surface area contributed by atoms with E-state index < -0.39 is 5.97 Å². The summed E-state index contributed by atoms with van der Waals surface area (Å²) in [6.45, 7) is 2.85. The minimum absolute atomic E-state index is 0.0705. The van der Waals surface area contributed by atoms with Crippen molar-refractivity contribution in [1.82, 2.24) is 0 Å². The predicted octanol–water partition coefficient (Wildman–Crippen LogP) is 14.5. The van der Waals surface area contributed by atoms with Crippen molar-refractivity contribution >= 4 is 132 Å². The Hall–Kier alpha value is 3.14. The molecular formula is C24H46O4S12. The zero-order valence-electron chi connectivity index (χ0n) is 23.4. The molecule has 0 rings (SSSR count). The summed E-state index contributed by atoms with van der Waals surface area (Å²) in [5.74, 6) is 0.614. The fraction of sp³-hybridized carbons (Fsp3) is 0.917. The second kappa shape index (κ2) is 38.3. The van der Waals surface area contributed by atoms with Crippen LogP contribution in [0.4, 0.5) is 0 Å². The maximum absolute atomic E-state index is 11.9. The van der Waals surface area contributed by atoms with Gasteiger partial charge in [0.2, 0.25) is 0 Å². The third kappa shape index (κ3) is 39.2. The van der Waals surface area contributed by atoms with Gasteiger partial charge in [-0.25, -0.2) is 0 Å². The van der Waals surface area contributed by atoms with Gasteiger partial charge in [-0.15, -0.1) is 0 Å². The van der Waals surface area contributed by atoms with Crippen LogP contribution in [-0.2, 0) is 14.3 Å². The monoisotopic (exact) mass is 782 g/mol. The first-order chi connectivity index (χ1) is 19.7. The standard InChI is InChI=1S/C24H46O4S12/c1-2-3-4-5-6-7-8-9-10-11-12-13-14-15-16-17-20-28-24(27)19-22-30-32-34-36-38-40-39-37-35-33-31-29-21-18-23(25)26/h2-22H2,1H3,(H,25,26). The fourth-order valence-corrected chi connectivity index (χ4v) is 31.2. The van der Waals surface area contributed by atoms with Crippen LogP contribution in [0.15, 0.2) is 0 Å². The van der Waals surface area contributed by atoms with Gasteiger partial charge < -0.3 is 9.84 Å². The van der Waals surface area contributed by atoms with Crippen molar-refractivity contribution in [2.24, 2.45) is 0 Å². The van der Waals surface area contributed by atoms with Gasteiger partial charge in [0.15, 0.2) is 0 Å². The molecule has 0 saturated heterocycles. The number of carbonyl (C=O) groups excluding carboxylic acids is 1. The van der Waals surface area contributed by atoms with Crippen LogP contribution in [-0.4, -0.2) is 35.2 Å². The van der Waals surface area contributed by atoms with Crippen LogP contribution in [0.3, 0.4) is 0 Å². The van der Waals surface area contributed by atoms with Crippen molar-refractivity contribution in [2.75, 3.05) is 18.1 Å². The third-order valence-corrected chi connectivity index (χ3v) is 29.6. The molecule has 0 atom stereocenters. The number of unbranched alkanes of at least 4 members (excludes halogenated alkanes) is 15. The van der Waals surface area contributed by atoms with Crippen molar-refractivity contribution in [1.29, 1.82) is 0 Å². The van der Waals surface area contributed by atoms with E-state index >= 15 is 0 Å². The van der Waals surface area contributed by atoms with Crippen molar-refractivity contribution in [3.8, 4) is 0 Å². The molecule has 4 nitrogen and oxygen atoms in total. The Labute approximate surface area is 288 Å². The molecule has 0 aromatic carbocycles. The smallest absolute Gasteiger partial charge is 0.306 e. The van der Waals surface area contributed by atoms with Gasteiger partial charge in [-0.2, -0.15) is 0 Å². The number of carboxylic acids is 1. The number of aliphatic carboxylic acids is 1. The van der Waals surface area contributed by atoms with Crippen molar-refractivity contribution < 1.29 is 19.4 Å². The van der Waals surface area contributed by atoms with Crippen molar-refractivity contribution in [3.05, 3.63) is 0 Å². The van der Waals surface area contributed by atoms with Gasteiger partial charge in [-0.05, 0) is 105 Å². The van der Waals surface area contributed by atoms with E-state index in [0.717, 1.165) is 12.2 Å². The van der Waals surface area contributed by atoms with Gasteiger partial charge in [0.1, 0.15) is 0 Å². The third-order valence-electron chi connectivity index (χ3n) is 5.40. The van der Waals surface area contributed by atoms with E-state index in [9.17, 15) is 9.59 Å². The van der Waals surface area contributed by atoms with Crippen LogP contribution < -0.4 is 0 Å². The van der Waals surface area contributed by atoms with Crippen LogP contribution in [0.25, 0.3) is 0 Å². The maximum Gasteiger partial charge on any atom is 0.306 e. The molecule has 0 aliphatic carbocycles. The summed E-state index contributed by atoms with van der Waals surface area (Å²) in [4.78, 5) is 22.3. The quantitative estimate of drug-likeness (QED) is 0.0382. The highest BCUT2D eigenvalue weighted by Crippen LogP contribution is 2.61. The molecule has 0 bridgehead atoms. The van der Waals surface area contributed by atoms with E-state index in [2.05, 4.69) is 6.92 Å². The van der Waals surface area contributed by atoms with Crippen LogP contribution in [0, 0.1) is 0 Å². The summed E-state index contributed by atoms with van der Waals surface area (Å²) in [6.07, 6.45) is 22.3. The molecule has 0 fully saturated rings. The summed E-state index contributed by atoms with van der Waals surface area (Å²) in [5, 5.41) is 8.57. The lowest BCUT2D eigenvalue weighted by Gasteiger charge is -2.05. The Morgan fingerprint density at radius 3 is 1.25 bits per heavy atom. The number of ether oxygens (including phenoxy) is 1. The van der Waals surface area contributed by atoms with Gasteiger partial charge in [-0.3, -0.25) is 9.59 Å². The Balaban J connectivity index is 3.15. The van der Waals surface area contributed by atoms with E-state index in [1.165, 1.54) is 96.3 Å². The highest BCUT2D eigenvalue weighted by Gasteiger charge is 2.04. The first-order valence-electron chi connectivity index (χ1n) is 13.9. The molecular weight excluding hydrogens is 737 g/mol. The normalized spacial score (nSPS) is 11.2. The number of carbonyl (C=O) groups is 2. The summed E-state index contributed by atoms with van der Waals surface area (Å²) >= 11 is 0. The molecule has 0 aliphatic heterocycles. The zero-order valence-corrected chi connectivity index (χ0v) is 33.2. The van der Waals surface area contributed by atoms with Crippen LogP contribution >= 0.6 is 120 Å². The molecule has 0 amide bonds. The van der Waals surface area contributed by atoms with Crippen LogP contribution in [0.5, 0.6) is 0 Å². The molecule has 0 aromatic heterocycles. The highest BCUT2D eigenvalue weighted by molar-refractivity contribution is 9.54. The van der Waals surface area contributed by atoms with Gasteiger partial charge in [0.05, 0.1) is 19.4 Å². The Bertz CT molecular complexity index is 552. The van der Waals surface area contributed by atoms with E-state index in [-0.39, 0.29) is 12.4 Å². The number of hydrogen-bond acceptors (Lipinski definition) is 15. The molecule has 0 aromatic rings. The topological polar surface area (TPSA) is 63.6 Å². The van der Waals surface area contributed by atoms with Gasteiger partial charge >= 0.3 is 11.9 Å². The fourth-order valence-electron chi connectivity index (χ4n) is 3.36. The largest absolute Gasteiger partial charge is 0.481 e. The predicted molar refractivity (Wildman–Crippen MR) is 208 cm³/mol. The molecule has 0 spiro atoms. The minimum atomic E-state index is -0.741. The second-order valence-electron chi connectivity index (χ2n) is 8.74. The molecule has 1 N–H and O–H groups in total. The summed E-state index contributed by atoms with van der Waals surface area (Å²) in [7, 11) is 20.3. The minimum Gasteiger partial charge on any atom is -0.481 e. The average Bonchev–Trinajstić information content (AvgIpc) is 2.94. The Morgan fingerprint density at radius 2 is 0.850 bits per heavy atom. The molecule has 16 heteroatoms. The molecule has 238 valence electrons. The van der Waals surface area contributed by atoms with E-state index in [1.54, 1.807) is 120 Å². The molecule has 0 saturated carbocycles.